The summed E-state index contributed by atoms with van der Waals surface area (Å²) in [5, 5.41) is 10.7. The first-order valence-corrected chi connectivity index (χ1v) is 18.2. The monoisotopic (exact) mass is 710 g/mol. The van der Waals surface area contributed by atoms with Crippen molar-refractivity contribution in [3.8, 4) is 0 Å². The minimum Gasteiger partial charge on any atom is -0.387 e. The van der Waals surface area contributed by atoms with Crippen LogP contribution in [0.15, 0.2) is 30.0 Å². The Morgan fingerprint density at radius 3 is 2.62 bits per heavy atom. The molecule has 7 heterocycles. The Balaban J connectivity index is 1.21. The lowest BCUT2D eigenvalue weighted by atomic mass is 10.1. The number of hydrogen-bond donors (Lipinski definition) is 5. The number of nitrogen functional groups attached to an aromatic ring is 1. The highest BCUT2D eigenvalue weighted by atomic mass is 32.7. The van der Waals surface area contributed by atoms with Crippen LogP contribution in [0.5, 0.6) is 0 Å². The lowest BCUT2D eigenvalue weighted by Gasteiger charge is -2.27. The molecular formula is C21H22F2N8O10P2S2. The number of alkyl halides is 1. The highest BCUT2D eigenvalue weighted by molar-refractivity contribution is 8.44. The van der Waals surface area contributed by atoms with Crippen LogP contribution in [-0.2, 0) is 43.9 Å². The number of aromatic amines is 1. The molecule has 45 heavy (non-hydrogen) atoms. The average molecular weight is 711 g/mol. The van der Waals surface area contributed by atoms with Crippen molar-refractivity contribution in [1.29, 1.82) is 0 Å². The van der Waals surface area contributed by atoms with Crippen LogP contribution in [0.2, 0.25) is 0 Å². The summed E-state index contributed by atoms with van der Waals surface area (Å²) < 4.78 is 80.2. The summed E-state index contributed by atoms with van der Waals surface area (Å²) in [5.74, 6) is -0.924. The minimum absolute atomic E-state index is 0.0392. The first kappa shape index (κ1) is 31.2. The maximum absolute atomic E-state index is 16.0. The molecule has 0 saturated carbocycles. The first-order valence-electron chi connectivity index (χ1n) is 12.9. The fraction of sp³-hybridized carbons (Fsp3) is 0.476. The number of nitrogens with one attached hydrogen (secondary N) is 1. The van der Waals surface area contributed by atoms with Gasteiger partial charge in [-0.1, -0.05) is 12.2 Å². The SMILES string of the molecule is Nc1ncnc2c1ncn2[C@@H]1O[C@@H]2COP(=O)(S)O[C@@H]3[C@H](O)[C@@H](COP(O)(=S)O[C@H]2[C@H]1F)O[C@H]3n1cc(F)c2c(=O)[nH]cnc21. The number of imidazole rings is 1. The van der Waals surface area contributed by atoms with Crippen molar-refractivity contribution in [2.24, 2.45) is 0 Å². The van der Waals surface area contributed by atoms with E-state index in [1.165, 1.54) is 10.9 Å². The summed E-state index contributed by atoms with van der Waals surface area (Å²) in [6, 6.07) is 0. The van der Waals surface area contributed by atoms with Crippen molar-refractivity contribution >= 4 is 65.6 Å². The predicted molar refractivity (Wildman–Crippen MR) is 154 cm³/mol. The first-order chi connectivity index (χ1) is 21.3. The fourth-order valence-electron chi connectivity index (χ4n) is 5.37. The third-order valence-corrected chi connectivity index (χ3v) is 10.6. The van der Waals surface area contributed by atoms with Crippen molar-refractivity contribution in [3.63, 3.8) is 0 Å². The van der Waals surface area contributed by atoms with E-state index in [2.05, 4.69) is 37.2 Å². The molecular weight excluding hydrogens is 688 g/mol. The minimum atomic E-state index is -4.46. The second kappa shape index (κ2) is 11.4. The summed E-state index contributed by atoms with van der Waals surface area (Å²) in [5.41, 5.74) is 5.17. The maximum atomic E-state index is 16.0. The van der Waals surface area contributed by atoms with Crippen molar-refractivity contribution in [2.75, 3.05) is 18.9 Å². The third kappa shape index (κ3) is 5.51. The van der Waals surface area contributed by atoms with Crippen LogP contribution < -0.4 is 11.3 Å². The van der Waals surface area contributed by atoms with Crippen LogP contribution in [0.1, 0.15) is 12.5 Å². The van der Waals surface area contributed by atoms with E-state index in [1.54, 1.807) is 0 Å². The maximum Gasteiger partial charge on any atom is 0.386 e. The molecule has 3 fully saturated rings. The number of aromatic nitrogens is 7. The van der Waals surface area contributed by atoms with E-state index in [9.17, 15) is 23.7 Å². The Kier molecular flexibility index (Phi) is 7.86. The number of ether oxygens (including phenoxy) is 2. The quantitative estimate of drug-likeness (QED) is 0.143. The smallest absolute Gasteiger partial charge is 0.386 e. The Bertz CT molecular complexity index is 1950. The Labute approximate surface area is 259 Å². The number of aliphatic hydroxyl groups excluding tert-OH is 1. The molecule has 18 nitrogen and oxygen atoms in total. The van der Waals surface area contributed by atoms with E-state index in [0.717, 1.165) is 23.4 Å². The largest absolute Gasteiger partial charge is 0.387 e. The Morgan fingerprint density at radius 2 is 1.82 bits per heavy atom. The number of H-pyrrole nitrogens is 1. The van der Waals surface area contributed by atoms with Gasteiger partial charge in [-0.15, -0.1) is 0 Å². The average Bonchev–Trinajstić information content (AvgIpc) is 3.71. The summed E-state index contributed by atoms with van der Waals surface area (Å²) in [6.07, 6.45) is -8.28. The van der Waals surface area contributed by atoms with Gasteiger partial charge >= 0.3 is 13.5 Å². The van der Waals surface area contributed by atoms with Gasteiger partial charge in [0.15, 0.2) is 41.6 Å². The molecule has 3 saturated heterocycles. The van der Waals surface area contributed by atoms with Crippen LogP contribution in [0.25, 0.3) is 22.2 Å². The van der Waals surface area contributed by atoms with Crippen molar-refractivity contribution in [1.82, 2.24) is 34.1 Å². The molecule has 10 atom stereocenters. The van der Waals surface area contributed by atoms with E-state index in [4.69, 9.17) is 45.1 Å². The van der Waals surface area contributed by atoms with Gasteiger partial charge in [0.1, 0.15) is 47.8 Å². The fourth-order valence-corrected chi connectivity index (χ4v) is 8.27. The number of halogens is 2. The molecule has 2 bridgehead atoms. The molecule has 2 unspecified atom stereocenters. The number of thiol groups is 1. The summed E-state index contributed by atoms with van der Waals surface area (Å²) in [4.78, 5) is 41.4. The molecule has 0 spiro atoms. The number of fused-ring (bicyclic) bond motifs is 5. The zero-order valence-electron chi connectivity index (χ0n) is 22.3. The van der Waals surface area contributed by atoms with Crippen LogP contribution >= 0.6 is 25.8 Å². The number of hydrogen-bond acceptors (Lipinski definition) is 15. The van der Waals surface area contributed by atoms with E-state index >= 15 is 4.39 Å². The van der Waals surface area contributed by atoms with Gasteiger partial charge in [-0.05, 0) is 11.8 Å². The van der Waals surface area contributed by atoms with Crippen LogP contribution in [-0.4, -0.2) is 94.0 Å². The third-order valence-electron chi connectivity index (χ3n) is 7.40. The summed E-state index contributed by atoms with van der Waals surface area (Å²) >= 11 is 9.15. The zero-order valence-corrected chi connectivity index (χ0v) is 25.8. The molecule has 3 aliphatic heterocycles. The second-order valence-corrected chi connectivity index (χ2v) is 15.8. The topological polar surface area (TPSA) is 233 Å². The van der Waals surface area contributed by atoms with Gasteiger partial charge in [0.25, 0.3) is 5.56 Å². The molecule has 5 N–H and O–H groups in total. The molecule has 3 aliphatic rings. The van der Waals surface area contributed by atoms with Gasteiger partial charge < -0.3 is 39.3 Å². The van der Waals surface area contributed by atoms with Crippen molar-refractivity contribution in [3.05, 3.63) is 41.3 Å². The second-order valence-electron chi connectivity index (χ2n) is 10.1. The molecule has 4 aromatic rings. The normalized spacial score (nSPS) is 37.7. The lowest BCUT2D eigenvalue weighted by molar-refractivity contribution is -0.0584. The van der Waals surface area contributed by atoms with E-state index in [1.807, 2.05) is 0 Å². The molecule has 24 heteroatoms. The van der Waals surface area contributed by atoms with Crippen molar-refractivity contribution < 1.29 is 50.9 Å². The highest BCUT2D eigenvalue weighted by Gasteiger charge is 2.53. The van der Waals surface area contributed by atoms with Gasteiger partial charge in [-0.2, -0.15) is 0 Å². The molecule has 7 rings (SSSR count). The standard InChI is InChI=1S/C21H22F2N8O10P2S2/c22-7-1-30(17-10(7)19(33)28-5-26-17)21-15-13(32)8(38-21)2-36-42(34,44)40-14-9(3-37-43(35,45)41-15)39-20(11(14)23)31-6-29-12-16(24)25-4-27-18(12)31/h1,4-6,8-9,11,13-15,20-21,32H,2-3H2,(H,34,44)(H,35,45)(H2,24,25,27)(H,26,28,33)/t8-,9-,11-,13-,14-,15-,20-,21-,42?,43?/m1/s1. The summed E-state index contributed by atoms with van der Waals surface area (Å²) in [7, 11) is 0. The van der Waals surface area contributed by atoms with Crippen molar-refractivity contribution in [2.45, 2.75) is 49.1 Å². The number of aliphatic hydroxyl groups is 1. The summed E-state index contributed by atoms with van der Waals surface area (Å²) in [6.45, 7) is -10.1. The molecule has 0 aliphatic carbocycles. The molecule has 4 aromatic heterocycles. The van der Waals surface area contributed by atoms with Crippen LogP contribution in [0.3, 0.4) is 0 Å². The number of nitrogens with two attached hydrogens (primary N) is 1. The van der Waals surface area contributed by atoms with E-state index < -0.39 is 92.6 Å². The lowest BCUT2D eigenvalue weighted by Crippen LogP contribution is -2.35. The highest BCUT2D eigenvalue weighted by Crippen LogP contribution is 2.58. The molecule has 0 aromatic carbocycles. The molecule has 242 valence electrons. The van der Waals surface area contributed by atoms with Gasteiger partial charge in [-0.3, -0.25) is 22.9 Å². The molecule has 0 radical (unpaired) electrons. The Morgan fingerprint density at radius 1 is 1.07 bits per heavy atom. The Hall–Kier alpha value is -2.46. The van der Waals surface area contributed by atoms with Gasteiger partial charge in [0, 0.05) is 6.20 Å². The van der Waals surface area contributed by atoms with Crippen LogP contribution in [0, 0.1) is 5.82 Å². The van der Waals surface area contributed by atoms with E-state index in [-0.39, 0.29) is 22.6 Å². The van der Waals surface area contributed by atoms with Gasteiger partial charge in [0.05, 0.1) is 25.9 Å². The molecule has 0 amide bonds. The van der Waals surface area contributed by atoms with Gasteiger partial charge in [0.2, 0.25) is 0 Å². The van der Waals surface area contributed by atoms with Gasteiger partial charge in [-0.25, -0.2) is 33.3 Å². The zero-order chi connectivity index (χ0) is 31.8. The predicted octanol–water partition coefficient (Wildman–Crippen LogP) is 0.851. The number of anilines is 1. The number of nitrogens with zero attached hydrogens (tertiary/aromatic N) is 6. The van der Waals surface area contributed by atoms with Crippen LogP contribution in [0.4, 0.5) is 14.6 Å². The number of rotatable bonds is 2. The van der Waals surface area contributed by atoms with E-state index in [0.29, 0.717) is 0 Å².